The smallest absolute Gasteiger partial charge is 0.241 e. The number of hydrogen-bond donors (Lipinski definition) is 1. The van der Waals surface area contributed by atoms with E-state index in [4.69, 9.17) is 0 Å². The average Bonchev–Trinajstić information content (AvgIpc) is 2.58. The molecule has 2 aromatic rings. The Morgan fingerprint density at radius 2 is 2.00 bits per heavy atom. The summed E-state index contributed by atoms with van der Waals surface area (Å²) in [6, 6.07) is 5.93. The lowest BCUT2D eigenvalue weighted by Gasteiger charge is -2.32. The number of likely N-dealkylation sites (N-methyl/N-ethyl adjacent to an activating group) is 1. The third-order valence-electron chi connectivity index (χ3n) is 4.00. The monoisotopic (exact) mass is 312 g/mol. The lowest BCUT2D eigenvalue weighted by atomic mass is 10.1. The molecular weight excluding hydrogens is 292 g/mol. The number of amides is 1. The number of aromatic nitrogens is 3. The van der Waals surface area contributed by atoms with Crippen LogP contribution in [0.25, 0.3) is 0 Å². The van der Waals surface area contributed by atoms with Crippen LogP contribution in [0.3, 0.4) is 0 Å². The van der Waals surface area contributed by atoms with Crippen molar-refractivity contribution in [3.05, 3.63) is 42.5 Å². The van der Waals surface area contributed by atoms with Crippen molar-refractivity contribution in [2.75, 3.05) is 36.9 Å². The van der Waals surface area contributed by atoms with E-state index in [-0.39, 0.29) is 11.9 Å². The van der Waals surface area contributed by atoms with Crippen LogP contribution in [0.15, 0.2) is 36.9 Å². The fourth-order valence-corrected chi connectivity index (χ4v) is 2.51. The summed E-state index contributed by atoms with van der Waals surface area (Å²) in [6.07, 6.45) is 5.07. The molecule has 1 N–H and O–H groups in total. The molecule has 0 spiro atoms. The van der Waals surface area contributed by atoms with Gasteiger partial charge < -0.3 is 15.1 Å². The molecule has 23 heavy (non-hydrogen) atoms. The maximum atomic E-state index is 11.8. The molecule has 0 aromatic carbocycles. The molecule has 1 unspecified atom stereocenters. The average molecular weight is 312 g/mol. The standard InChI is InChI=1S/C16H20N6O/c1-12(13-3-5-17-6-4-13)20-14-9-15(19-11-18-14)22-8-7-21(2)16(23)10-22/h3-6,9,11-12H,7-8,10H2,1-2H3,(H,18,19,20). The Morgan fingerprint density at radius 1 is 1.22 bits per heavy atom. The minimum atomic E-state index is 0.106. The SMILES string of the molecule is CC(Nc1cc(N2CCN(C)C(=O)C2)ncn1)c1ccncc1. The van der Waals surface area contributed by atoms with E-state index in [0.717, 1.165) is 23.7 Å². The molecule has 1 aliphatic rings. The molecule has 2 aromatic heterocycles. The van der Waals surface area contributed by atoms with Gasteiger partial charge in [0.05, 0.1) is 12.6 Å². The molecule has 0 saturated carbocycles. The van der Waals surface area contributed by atoms with Crippen molar-refractivity contribution in [3.8, 4) is 0 Å². The Bertz CT molecular complexity index is 677. The van der Waals surface area contributed by atoms with Crippen LogP contribution in [0.5, 0.6) is 0 Å². The molecule has 1 aliphatic heterocycles. The fourth-order valence-electron chi connectivity index (χ4n) is 2.51. The van der Waals surface area contributed by atoms with E-state index in [1.165, 1.54) is 6.33 Å². The minimum Gasteiger partial charge on any atom is -0.363 e. The van der Waals surface area contributed by atoms with Crippen molar-refractivity contribution < 1.29 is 4.79 Å². The van der Waals surface area contributed by atoms with Crippen LogP contribution in [-0.2, 0) is 4.79 Å². The topological polar surface area (TPSA) is 74.2 Å². The number of hydrogen-bond acceptors (Lipinski definition) is 6. The van der Waals surface area contributed by atoms with Gasteiger partial charge in [0.2, 0.25) is 5.91 Å². The van der Waals surface area contributed by atoms with Gasteiger partial charge in [-0.05, 0) is 24.6 Å². The molecule has 3 rings (SSSR count). The predicted octanol–water partition coefficient (Wildman–Crippen LogP) is 1.32. The largest absolute Gasteiger partial charge is 0.363 e. The molecule has 1 amide bonds. The van der Waals surface area contributed by atoms with E-state index in [1.54, 1.807) is 17.3 Å². The van der Waals surface area contributed by atoms with Gasteiger partial charge >= 0.3 is 0 Å². The molecule has 0 bridgehead atoms. The second kappa shape index (κ2) is 6.60. The Balaban J connectivity index is 1.71. The first-order chi connectivity index (χ1) is 11.1. The van der Waals surface area contributed by atoms with Crippen molar-refractivity contribution >= 4 is 17.5 Å². The van der Waals surface area contributed by atoms with Crippen molar-refractivity contribution in [2.45, 2.75) is 13.0 Å². The summed E-state index contributed by atoms with van der Waals surface area (Å²) in [4.78, 5) is 28.2. The van der Waals surface area contributed by atoms with Crippen LogP contribution in [0.2, 0.25) is 0 Å². The second-order valence-electron chi connectivity index (χ2n) is 5.64. The highest BCUT2D eigenvalue weighted by atomic mass is 16.2. The summed E-state index contributed by atoms with van der Waals surface area (Å²) in [6.45, 7) is 3.90. The van der Waals surface area contributed by atoms with E-state index < -0.39 is 0 Å². The lowest BCUT2D eigenvalue weighted by Crippen LogP contribution is -2.48. The fraction of sp³-hybridized carbons (Fsp3) is 0.375. The van der Waals surface area contributed by atoms with Gasteiger partial charge in [-0.3, -0.25) is 9.78 Å². The number of anilines is 2. The zero-order valence-corrected chi connectivity index (χ0v) is 13.3. The predicted molar refractivity (Wildman–Crippen MR) is 88.2 cm³/mol. The van der Waals surface area contributed by atoms with Crippen molar-refractivity contribution in [3.63, 3.8) is 0 Å². The molecular formula is C16H20N6O. The van der Waals surface area contributed by atoms with Crippen LogP contribution in [-0.4, -0.2) is 52.4 Å². The molecule has 120 valence electrons. The molecule has 3 heterocycles. The number of carbonyl (C=O) groups is 1. The number of carbonyl (C=O) groups excluding carboxylic acids is 1. The molecule has 1 fully saturated rings. The highest BCUT2D eigenvalue weighted by Gasteiger charge is 2.22. The third-order valence-corrected chi connectivity index (χ3v) is 4.00. The molecule has 7 nitrogen and oxygen atoms in total. The van der Waals surface area contributed by atoms with Crippen molar-refractivity contribution in [2.24, 2.45) is 0 Å². The maximum Gasteiger partial charge on any atom is 0.241 e. The molecule has 1 saturated heterocycles. The summed E-state index contributed by atoms with van der Waals surface area (Å²) in [5.41, 5.74) is 1.13. The van der Waals surface area contributed by atoms with Crippen LogP contribution in [0.1, 0.15) is 18.5 Å². The van der Waals surface area contributed by atoms with Gasteiger partial charge in [-0.15, -0.1) is 0 Å². The van der Waals surface area contributed by atoms with Crippen molar-refractivity contribution in [1.82, 2.24) is 19.9 Å². The Kier molecular flexibility index (Phi) is 4.36. The summed E-state index contributed by atoms with van der Waals surface area (Å²) in [5, 5.41) is 3.36. The van der Waals surface area contributed by atoms with E-state index in [1.807, 2.05) is 30.1 Å². The summed E-state index contributed by atoms with van der Waals surface area (Å²) in [5.74, 6) is 1.62. The molecule has 1 atom stereocenters. The third kappa shape index (κ3) is 3.56. The van der Waals surface area contributed by atoms with Crippen LogP contribution in [0.4, 0.5) is 11.6 Å². The first-order valence-corrected chi connectivity index (χ1v) is 7.61. The first kappa shape index (κ1) is 15.2. The van der Waals surface area contributed by atoms with Gasteiger partial charge in [-0.1, -0.05) is 0 Å². The molecule has 0 radical (unpaired) electrons. The number of pyridine rings is 1. The van der Waals surface area contributed by atoms with E-state index in [2.05, 4.69) is 27.2 Å². The number of rotatable bonds is 4. The van der Waals surface area contributed by atoms with Crippen LogP contribution >= 0.6 is 0 Å². The minimum absolute atomic E-state index is 0.106. The van der Waals surface area contributed by atoms with Crippen LogP contribution in [0, 0.1) is 0 Å². The van der Waals surface area contributed by atoms with E-state index >= 15 is 0 Å². The highest BCUT2D eigenvalue weighted by Crippen LogP contribution is 2.20. The lowest BCUT2D eigenvalue weighted by molar-refractivity contribution is -0.129. The van der Waals surface area contributed by atoms with Gasteiger partial charge in [0, 0.05) is 38.6 Å². The zero-order chi connectivity index (χ0) is 16.2. The molecule has 7 heteroatoms. The molecule has 0 aliphatic carbocycles. The van der Waals surface area contributed by atoms with E-state index in [0.29, 0.717) is 13.1 Å². The van der Waals surface area contributed by atoms with Crippen molar-refractivity contribution in [1.29, 1.82) is 0 Å². The number of nitrogens with one attached hydrogen (secondary N) is 1. The zero-order valence-electron chi connectivity index (χ0n) is 13.3. The highest BCUT2D eigenvalue weighted by molar-refractivity contribution is 5.82. The van der Waals surface area contributed by atoms with Gasteiger partial charge in [-0.25, -0.2) is 9.97 Å². The van der Waals surface area contributed by atoms with Gasteiger partial charge in [0.25, 0.3) is 0 Å². The Labute approximate surface area is 135 Å². The number of piperazine rings is 1. The summed E-state index contributed by atoms with van der Waals surface area (Å²) >= 11 is 0. The summed E-state index contributed by atoms with van der Waals surface area (Å²) < 4.78 is 0. The first-order valence-electron chi connectivity index (χ1n) is 7.61. The van der Waals surface area contributed by atoms with Gasteiger partial charge in [-0.2, -0.15) is 0 Å². The summed E-state index contributed by atoms with van der Waals surface area (Å²) in [7, 11) is 1.82. The Morgan fingerprint density at radius 3 is 2.74 bits per heavy atom. The van der Waals surface area contributed by atoms with Gasteiger partial charge in [0.1, 0.15) is 18.0 Å². The Hall–Kier alpha value is -2.70. The quantitative estimate of drug-likeness (QED) is 0.918. The van der Waals surface area contributed by atoms with Crippen LogP contribution < -0.4 is 10.2 Å². The second-order valence-corrected chi connectivity index (χ2v) is 5.64. The normalized spacial score (nSPS) is 16.3. The maximum absolute atomic E-state index is 11.8. The number of nitrogens with zero attached hydrogens (tertiary/aromatic N) is 5. The van der Waals surface area contributed by atoms with E-state index in [9.17, 15) is 4.79 Å². The van der Waals surface area contributed by atoms with Gasteiger partial charge in [0.15, 0.2) is 0 Å².